The Morgan fingerprint density at radius 1 is 1.20 bits per heavy atom. The van der Waals surface area contributed by atoms with Crippen molar-refractivity contribution in [2.45, 2.75) is 6.92 Å². The summed E-state index contributed by atoms with van der Waals surface area (Å²) in [5.74, 6) is -0.652. The Morgan fingerprint density at radius 2 is 2.00 bits per heavy atom. The SMILES string of the molecule is Cc1ncccc1-n1c(/C=C(\O)c2ccccc2C#N)nc2ccc(F)cc2c1=O. The van der Waals surface area contributed by atoms with Gasteiger partial charge in [0.1, 0.15) is 17.4 Å². The molecule has 146 valence electrons. The van der Waals surface area contributed by atoms with Gasteiger partial charge in [0.05, 0.1) is 33.9 Å². The normalized spacial score (nSPS) is 11.4. The van der Waals surface area contributed by atoms with Crippen LogP contribution >= 0.6 is 0 Å². The number of nitrogens with zero attached hydrogens (tertiary/aromatic N) is 4. The molecule has 7 heteroatoms. The molecule has 0 aliphatic rings. The highest BCUT2D eigenvalue weighted by atomic mass is 19.1. The van der Waals surface area contributed by atoms with Gasteiger partial charge < -0.3 is 5.11 Å². The fourth-order valence-electron chi connectivity index (χ4n) is 3.22. The lowest BCUT2D eigenvalue weighted by Gasteiger charge is -2.13. The number of aryl methyl sites for hydroxylation is 1. The van der Waals surface area contributed by atoms with Crippen LogP contribution in [0.3, 0.4) is 0 Å². The molecule has 2 aromatic carbocycles. The number of hydrogen-bond acceptors (Lipinski definition) is 5. The molecule has 0 aliphatic carbocycles. The van der Waals surface area contributed by atoms with E-state index >= 15 is 0 Å². The predicted octanol–water partition coefficient (Wildman–Crippen LogP) is 4.16. The summed E-state index contributed by atoms with van der Waals surface area (Å²) in [6.07, 6.45) is 2.90. The Kier molecular flexibility index (Phi) is 4.82. The van der Waals surface area contributed by atoms with E-state index in [0.29, 0.717) is 16.9 Å². The van der Waals surface area contributed by atoms with Gasteiger partial charge in [0, 0.05) is 17.8 Å². The number of rotatable bonds is 3. The van der Waals surface area contributed by atoms with E-state index in [4.69, 9.17) is 0 Å². The molecule has 0 saturated heterocycles. The fourth-order valence-corrected chi connectivity index (χ4v) is 3.22. The van der Waals surface area contributed by atoms with Crippen molar-refractivity contribution < 1.29 is 9.50 Å². The third kappa shape index (κ3) is 3.31. The first-order chi connectivity index (χ1) is 14.5. The summed E-state index contributed by atoms with van der Waals surface area (Å²) in [7, 11) is 0. The lowest BCUT2D eigenvalue weighted by Crippen LogP contribution is -2.23. The van der Waals surface area contributed by atoms with Crippen LogP contribution in [0.1, 0.15) is 22.6 Å². The average Bonchev–Trinajstić information content (AvgIpc) is 2.75. The monoisotopic (exact) mass is 398 g/mol. The third-order valence-electron chi connectivity index (χ3n) is 4.67. The number of hydrogen-bond donors (Lipinski definition) is 1. The first-order valence-electron chi connectivity index (χ1n) is 9.04. The molecule has 0 atom stereocenters. The molecular weight excluding hydrogens is 383 g/mol. The Hall–Kier alpha value is -4.31. The van der Waals surface area contributed by atoms with Crippen LogP contribution in [-0.4, -0.2) is 19.6 Å². The van der Waals surface area contributed by atoms with Gasteiger partial charge in [0.25, 0.3) is 5.56 Å². The first-order valence-corrected chi connectivity index (χ1v) is 9.04. The van der Waals surface area contributed by atoms with Gasteiger partial charge in [0.2, 0.25) is 0 Å². The minimum absolute atomic E-state index is 0.104. The predicted molar refractivity (Wildman–Crippen MR) is 111 cm³/mol. The highest BCUT2D eigenvalue weighted by Gasteiger charge is 2.16. The van der Waals surface area contributed by atoms with Gasteiger partial charge in [-0.25, -0.2) is 9.37 Å². The van der Waals surface area contributed by atoms with E-state index in [1.165, 1.54) is 22.8 Å². The number of fused-ring (bicyclic) bond motifs is 1. The van der Waals surface area contributed by atoms with Crippen LogP contribution in [0, 0.1) is 24.1 Å². The van der Waals surface area contributed by atoms with Crippen LogP contribution in [0.5, 0.6) is 0 Å². The fraction of sp³-hybridized carbons (Fsp3) is 0.0435. The van der Waals surface area contributed by atoms with Gasteiger partial charge in [-0.3, -0.25) is 14.3 Å². The number of halogens is 1. The molecule has 1 N–H and O–H groups in total. The Labute approximate surface area is 170 Å². The zero-order chi connectivity index (χ0) is 21.3. The molecule has 0 bridgehead atoms. The Morgan fingerprint density at radius 3 is 2.77 bits per heavy atom. The molecule has 0 aliphatic heterocycles. The Balaban J connectivity index is 2.05. The number of benzene rings is 2. The van der Waals surface area contributed by atoms with Crippen LogP contribution in [-0.2, 0) is 0 Å². The van der Waals surface area contributed by atoms with Crippen molar-refractivity contribution >= 4 is 22.7 Å². The average molecular weight is 398 g/mol. The molecule has 30 heavy (non-hydrogen) atoms. The smallest absolute Gasteiger partial charge is 0.266 e. The van der Waals surface area contributed by atoms with Crippen LogP contribution in [0.4, 0.5) is 4.39 Å². The summed E-state index contributed by atoms with van der Waals surface area (Å²) in [6.45, 7) is 1.73. The van der Waals surface area contributed by atoms with Gasteiger partial charge >= 0.3 is 0 Å². The summed E-state index contributed by atoms with van der Waals surface area (Å²) < 4.78 is 15.0. The molecule has 2 heterocycles. The van der Waals surface area contributed by atoms with Crippen molar-refractivity contribution in [1.82, 2.24) is 14.5 Å². The zero-order valence-corrected chi connectivity index (χ0v) is 15.9. The molecule has 0 spiro atoms. The topological polar surface area (TPSA) is 91.8 Å². The van der Waals surface area contributed by atoms with E-state index in [2.05, 4.69) is 9.97 Å². The van der Waals surface area contributed by atoms with Crippen molar-refractivity contribution in [2.75, 3.05) is 0 Å². The standard InChI is InChI=1S/C23H15FN4O2/c1-14-20(7-4-10-26-14)28-22(12-21(29)17-6-3-2-5-15(17)13-25)27-19-9-8-16(24)11-18(19)23(28)30/h2-12,29H,1H3/b21-12-. The summed E-state index contributed by atoms with van der Waals surface area (Å²) in [5, 5.41) is 20.1. The molecule has 0 saturated carbocycles. The van der Waals surface area contributed by atoms with Crippen LogP contribution in [0.25, 0.3) is 28.4 Å². The Bertz CT molecular complexity index is 1420. The lowest BCUT2D eigenvalue weighted by molar-refractivity contribution is 0.514. The number of aliphatic hydroxyl groups excluding tert-OH is 1. The van der Waals surface area contributed by atoms with Crippen molar-refractivity contribution in [3.05, 3.63) is 99.6 Å². The summed E-state index contributed by atoms with van der Waals surface area (Å²) in [5.41, 5.74) is 1.39. The molecule has 0 amide bonds. The molecule has 0 fully saturated rings. The molecule has 4 aromatic rings. The van der Waals surface area contributed by atoms with E-state index in [-0.39, 0.29) is 28.0 Å². The number of nitriles is 1. The van der Waals surface area contributed by atoms with Crippen LogP contribution < -0.4 is 5.56 Å². The molecule has 0 radical (unpaired) electrons. The first kappa shape index (κ1) is 19.0. The highest BCUT2D eigenvalue weighted by Crippen LogP contribution is 2.22. The van der Waals surface area contributed by atoms with Gasteiger partial charge in [-0.05, 0) is 49.4 Å². The maximum Gasteiger partial charge on any atom is 0.266 e. The highest BCUT2D eigenvalue weighted by molar-refractivity contribution is 5.82. The number of aromatic nitrogens is 3. The van der Waals surface area contributed by atoms with E-state index in [9.17, 15) is 19.6 Å². The third-order valence-corrected chi connectivity index (χ3v) is 4.67. The van der Waals surface area contributed by atoms with Crippen LogP contribution in [0.15, 0.2) is 65.6 Å². The maximum atomic E-state index is 13.8. The quantitative estimate of drug-likeness (QED) is 0.523. The van der Waals surface area contributed by atoms with Crippen molar-refractivity contribution in [3.8, 4) is 11.8 Å². The lowest BCUT2D eigenvalue weighted by atomic mass is 10.1. The van der Waals surface area contributed by atoms with Crippen molar-refractivity contribution in [3.63, 3.8) is 0 Å². The summed E-state index contributed by atoms with van der Waals surface area (Å²) >= 11 is 0. The minimum atomic E-state index is -0.551. The second-order valence-electron chi connectivity index (χ2n) is 6.57. The van der Waals surface area contributed by atoms with E-state index in [1.807, 2.05) is 6.07 Å². The maximum absolute atomic E-state index is 13.8. The summed E-state index contributed by atoms with van der Waals surface area (Å²) in [4.78, 5) is 21.9. The van der Waals surface area contributed by atoms with Gasteiger partial charge in [0.15, 0.2) is 0 Å². The largest absolute Gasteiger partial charge is 0.507 e. The van der Waals surface area contributed by atoms with E-state index < -0.39 is 11.4 Å². The van der Waals surface area contributed by atoms with Gasteiger partial charge in [-0.1, -0.05) is 12.1 Å². The molecule has 6 nitrogen and oxygen atoms in total. The van der Waals surface area contributed by atoms with Crippen LogP contribution in [0.2, 0.25) is 0 Å². The molecule has 0 unspecified atom stereocenters. The number of pyridine rings is 1. The van der Waals surface area contributed by atoms with Gasteiger partial charge in [-0.15, -0.1) is 0 Å². The molecular formula is C23H15FN4O2. The molecule has 2 aromatic heterocycles. The zero-order valence-electron chi connectivity index (χ0n) is 15.9. The number of aliphatic hydroxyl groups is 1. The van der Waals surface area contributed by atoms with Gasteiger partial charge in [-0.2, -0.15) is 5.26 Å². The van der Waals surface area contributed by atoms with Crippen molar-refractivity contribution in [1.29, 1.82) is 5.26 Å². The van der Waals surface area contributed by atoms with E-state index in [0.717, 1.165) is 6.07 Å². The summed E-state index contributed by atoms with van der Waals surface area (Å²) in [6, 6.07) is 15.7. The minimum Gasteiger partial charge on any atom is -0.507 e. The second-order valence-corrected chi connectivity index (χ2v) is 6.57. The van der Waals surface area contributed by atoms with Crippen molar-refractivity contribution in [2.24, 2.45) is 0 Å². The van der Waals surface area contributed by atoms with E-state index in [1.54, 1.807) is 49.5 Å². The molecule has 4 rings (SSSR count). The second kappa shape index (κ2) is 7.60.